The predicted molar refractivity (Wildman–Crippen MR) is 90.3 cm³/mol. The van der Waals surface area contributed by atoms with Crippen molar-refractivity contribution in [2.24, 2.45) is 5.10 Å². The zero-order chi connectivity index (χ0) is 16.8. The lowest BCUT2D eigenvalue weighted by Gasteiger charge is -2.10. The molecule has 0 spiro atoms. The van der Waals surface area contributed by atoms with E-state index >= 15 is 0 Å². The van der Waals surface area contributed by atoms with Crippen molar-refractivity contribution in [2.75, 3.05) is 6.61 Å². The van der Waals surface area contributed by atoms with Gasteiger partial charge in [0.15, 0.2) is 6.61 Å². The van der Waals surface area contributed by atoms with Crippen LogP contribution in [0.25, 0.3) is 0 Å². The molecule has 0 aliphatic heterocycles. The third-order valence-electron chi connectivity index (χ3n) is 3.14. The summed E-state index contributed by atoms with van der Waals surface area (Å²) in [5.41, 5.74) is 4.68. The Bertz CT molecular complexity index is 724. The number of amides is 1. The topological polar surface area (TPSA) is 70.9 Å². The molecule has 0 aromatic heterocycles. The van der Waals surface area contributed by atoms with Crippen molar-refractivity contribution in [1.29, 1.82) is 0 Å². The molecular weight excluding hydrogens is 316 g/mol. The second-order valence-electron chi connectivity index (χ2n) is 5.01. The zero-order valence-corrected chi connectivity index (χ0v) is 13.6. The maximum absolute atomic E-state index is 11.7. The summed E-state index contributed by atoms with van der Waals surface area (Å²) in [6.07, 6.45) is 1.32. The Morgan fingerprint density at radius 1 is 1.30 bits per heavy atom. The van der Waals surface area contributed by atoms with Crippen LogP contribution in [0.3, 0.4) is 0 Å². The Morgan fingerprint density at radius 3 is 2.70 bits per heavy atom. The van der Waals surface area contributed by atoms with E-state index in [0.717, 1.165) is 11.1 Å². The summed E-state index contributed by atoms with van der Waals surface area (Å²) in [5.74, 6) is 0.323. The van der Waals surface area contributed by atoms with E-state index in [0.29, 0.717) is 16.3 Å². The zero-order valence-electron chi connectivity index (χ0n) is 12.8. The van der Waals surface area contributed by atoms with Gasteiger partial charge in [0.1, 0.15) is 11.5 Å². The van der Waals surface area contributed by atoms with Gasteiger partial charge in [0.25, 0.3) is 5.91 Å². The Balaban J connectivity index is 1.90. The second-order valence-corrected chi connectivity index (χ2v) is 5.44. The third kappa shape index (κ3) is 4.72. The number of benzene rings is 2. The summed E-state index contributed by atoms with van der Waals surface area (Å²) in [4.78, 5) is 11.7. The number of hydrazone groups is 1. The number of aromatic hydroxyl groups is 1. The van der Waals surface area contributed by atoms with Gasteiger partial charge < -0.3 is 9.84 Å². The molecule has 2 N–H and O–H groups in total. The van der Waals surface area contributed by atoms with Crippen LogP contribution in [-0.4, -0.2) is 23.8 Å². The van der Waals surface area contributed by atoms with Crippen molar-refractivity contribution in [3.05, 3.63) is 58.1 Å². The van der Waals surface area contributed by atoms with Gasteiger partial charge in [0, 0.05) is 10.6 Å². The van der Waals surface area contributed by atoms with Crippen molar-refractivity contribution in [3.8, 4) is 11.5 Å². The fourth-order valence-electron chi connectivity index (χ4n) is 2.00. The van der Waals surface area contributed by atoms with Crippen LogP contribution in [0.1, 0.15) is 16.7 Å². The first-order valence-corrected chi connectivity index (χ1v) is 7.34. The molecule has 0 unspecified atom stereocenters. The largest absolute Gasteiger partial charge is 0.507 e. The molecule has 0 saturated carbocycles. The summed E-state index contributed by atoms with van der Waals surface area (Å²) in [5, 5.41) is 13.9. The maximum atomic E-state index is 11.7. The monoisotopic (exact) mass is 332 g/mol. The summed E-state index contributed by atoms with van der Waals surface area (Å²) < 4.78 is 5.52. The van der Waals surface area contributed by atoms with Gasteiger partial charge in [-0.1, -0.05) is 29.8 Å². The molecule has 2 aromatic carbocycles. The Hall–Kier alpha value is -2.53. The third-order valence-corrected chi connectivity index (χ3v) is 3.37. The van der Waals surface area contributed by atoms with Gasteiger partial charge in [-0.05, 0) is 43.2 Å². The molecule has 23 heavy (non-hydrogen) atoms. The highest BCUT2D eigenvalue weighted by molar-refractivity contribution is 6.30. The van der Waals surface area contributed by atoms with Crippen LogP contribution in [0.15, 0.2) is 41.5 Å². The van der Waals surface area contributed by atoms with E-state index in [4.69, 9.17) is 16.3 Å². The van der Waals surface area contributed by atoms with Crippen molar-refractivity contribution in [3.63, 3.8) is 0 Å². The number of carbonyl (C=O) groups is 1. The lowest BCUT2D eigenvalue weighted by molar-refractivity contribution is -0.123. The number of ether oxygens (including phenoxy) is 1. The van der Waals surface area contributed by atoms with Crippen LogP contribution < -0.4 is 10.2 Å². The number of nitrogens with zero attached hydrogens (tertiary/aromatic N) is 1. The van der Waals surface area contributed by atoms with Crippen molar-refractivity contribution >= 4 is 23.7 Å². The molecule has 0 aliphatic rings. The Kier molecular flexibility index (Phi) is 5.60. The van der Waals surface area contributed by atoms with Gasteiger partial charge in [0.05, 0.1) is 6.21 Å². The van der Waals surface area contributed by atoms with Crippen LogP contribution in [0, 0.1) is 13.8 Å². The quantitative estimate of drug-likeness (QED) is 0.652. The van der Waals surface area contributed by atoms with Gasteiger partial charge in [-0.2, -0.15) is 5.10 Å². The summed E-state index contributed by atoms with van der Waals surface area (Å²) in [6.45, 7) is 3.69. The lowest BCUT2D eigenvalue weighted by Crippen LogP contribution is -2.25. The van der Waals surface area contributed by atoms with Crippen LogP contribution in [0.2, 0.25) is 5.02 Å². The highest BCUT2D eigenvalue weighted by Crippen LogP contribution is 2.22. The minimum Gasteiger partial charge on any atom is -0.507 e. The summed E-state index contributed by atoms with van der Waals surface area (Å²) in [6, 6.07) is 10.3. The molecule has 0 bridgehead atoms. The number of halogens is 1. The standard InChI is InChI=1S/C17H17ClN2O3/c1-11-4-3-5-12(2)17(11)23-10-16(22)20-19-9-13-8-14(18)6-7-15(13)21/h3-9,21H,10H2,1-2H3,(H,20,22). The molecule has 0 atom stereocenters. The molecule has 0 heterocycles. The highest BCUT2D eigenvalue weighted by atomic mass is 35.5. The molecule has 2 aromatic rings. The molecule has 1 amide bonds. The maximum Gasteiger partial charge on any atom is 0.277 e. The van der Waals surface area contributed by atoms with Crippen LogP contribution in [0.5, 0.6) is 11.5 Å². The number of para-hydroxylation sites is 1. The first-order valence-electron chi connectivity index (χ1n) is 6.97. The first kappa shape index (κ1) is 16.8. The SMILES string of the molecule is Cc1cccc(C)c1OCC(=O)NN=Cc1cc(Cl)ccc1O. The van der Waals surface area contributed by atoms with Crippen LogP contribution in [-0.2, 0) is 4.79 Å². The fourth-order valence-corrected chi connectivity index (χ4v) is 2.18. The van der Waals surface area contributed by atoms with Crippen molar-refractivity contribution in [2.45, 2.75) is 13.8 Å². The molecule has 6 heteroatoms. The van der Waals surface area contributed by atoms with E-state index in [2.05, 4.69) is 10.5 Å². The highest BCUT2D eigenvalue weighted by Gasteiger charge is 2.06. The smallest absolute Gasteiger partial charge is 0.277 e. The Labute approximate surface area is 139 Å². The minimum atomic E-state index is -0.398. The van der Waals surface area contributed by atoms with Gasteiger partial charge in [0.2, 0.25) is 0 Å². The second kappa shape index (κ2) is 7.65. The molecule has 5 nitrogen and oxygen atoms in total. The molecule has 2 rings (SSSR count). The number of phenols is 1. The van der Waals surface area contributed by atoms with Gasteiger partial charge in [-0.15, -0.1) is 0 Å². The van der Waals surface area contributed by atoms with E-state index < -0.39 is 5.91 Å². The number of rotatable bonds is 5. The van der Waals surface area contributed by atoms with Gasteiger partial charge in [-0.3, -0.25) is 4.79 Å². The van der Waals surface area contributed by atoms with E-state index in [9.17, 15) is 9.90 Å². The molecule has 0 aliphatic carbocycles. The number of nitrogens with one attached hydrogen (secondary N) is 1. The fraction of sp³-hybridized carbons (Fsp3) is 0.176. The summed E-state index contributed by atoms with van der Waals surface area (Å²) in [7, 11) is 0. The predicted octanol–water partition coefficient (Wildman–Crippen LogP) is 3.19. The average Bonchev–Trinajstić information content (AvgIpc) is 2.50. The Morgan fingerprint density at radius 2 is 2.00 bits per heavy atom. The molecule has 120 valence electrons. The number of phenolic OH excluding ortho intramolecular Hbond substituents is 1. The van der Waals surface area contributed by atoms with E-state index in [-0.39, 0.29) is 12.4 Å². The van der Waals surface area contributed by atoms with Crippen LogP contribution in [0.4, 0.5) is 0 Å². The lowest BCUT2D eigenvalue weighted by atomic mass is 10.1. The van der Waals surface area contributed by atoms with E-state index in [1.54, 1.807) is 12.1 Å². The number of carbonyl (C=O) groups excluding carboxylic acids is 1. The molecular formula is C17H17ClN2O3. The van der Waals surface area contributed by atoms with Crippen molar-refractivity contribution < 1.29 is 14.6 Å². The number of aryl methyl sites for hydroxylation is 2. The number of hydrogen-bond acceptors (Lipinski definition) is 4. The number of hydrogen-bond donors (Lipinski definition) is 2. The molecule has 0 radical (unpaired) electrons. The van der Waals surface area contributed by atoms with Crippen molar-refractivity contribution in [1.82, 2.24) is 5.43 Å². The molecule has 0 saturated heterocycles. The molecule has 0 fully saturated rings. The first-order chi connectivity index (χ1) is 11.0. The summed E-state index contributed by atoms with van der Waals surface area (Å²) >= 11 is 5.83. The van der Waals surface area contributed by atoms with Crippen LogP contribution >= 0.6 is 11.6 Å². The van der Waals surface area contributed by atoms with E-state index in [1.165, 1.54) is 12.3 Å². The minimum absolute atomic E-state index is 0.0270. The average molecular weight is 333 g/mol. The van der Waals surface area contributed by atoms with E-state index in [1.807, 2.05) is 32.0 Å². The normalized spacial score (nSPS) is 10.7. The van der Waals surface area contributed by atoms with Gasteiger partial charge >= 0.3 is 0 Å². The van der Waals surface area contributed by atoms with Gasteiger partial charge in [-0.25, -0.2) is 5.43 Å².